The number of para-hydroxylation sites is 1. The van der Waals surface area contributed by atoms with Crippen LogP contribution < -0.4 is 4.74 Å². The molecule has 1 rings (SSSR count). The predicted molar refractivity (Wildman–Crippen MR) is 70.3 cm³/mol. The molecule has 0 aliphatic carbocycles. The van der Waals surface area contributed by atoms with Gasteiger partial charge in [-0.2, -0.15) is 0 Å². The van der Waals surface area contributed by atoms with Gasteiger partial charge in [0.15, 0.2) is 11.6 Å². The van der Waals surface area contributed by atoms with Crippen LogP contribution in [0.25, 0.3) is 0 Å². The lowest BCUT2D eigenvalue weighted by atomic mass is 10.2. The lowest BCUT2D eigenvalue weighted by Crippen LogP contribution is -2.09. The highest BCUT2D eigenvalue weighted by Crippen LogP contribution is 2.24. The Kier molecular flexibility index (Phi) is 7.21. The molecule has 0 aliphatic rings. The summed E-state index contributed by atoms with van der Waals surface area (Å²) in [5, 5.41) is 0.580. The summed E-state index contributed by atoms with van der Waals surface area (Å²) >= 11 is 3.31. The van der Waals surface area contributed by atoms with Gasteiger partial charge in [-0.25, -0.2) is 4.39 Å². The molecule has 0 atom stereocenters. The lowest BCUT2D eigenvalue weighted by molar-refractivity contribution is 0.0964. The average molecular weight is 305 g/mol. The summed E-state index contributed by atoms with van der Waals surface area (Å²) in [4.78, 5) is 0. The molecule has 17 heavy (non-hydrogen) atoms. The van der Waals surface area contributed by atoms with Crippen molar-refractivity contribution in [2.24, 2.45) is 0 Å². The second-order valence-corrected chi connectivity index (χ2v) is 4.24. The van der Waals surface area contributed by atoms with Gasteiger partial charge in [0, 0.05) is 17.5 Å². The van der Waals surface area contributed by atoms with Crippen LogP contribution in [0.15, 0.2) is 18.2 Å². The van der Waals surface area contributed by atoms with Crippen LogP contribution >= 0.6 is 15.9 Å². The first-order chi connectivity index (χ1) is 8.29. The number of halogens is 2. The Balaban J connectivity index is 2.35. The summed E-state index contributed by atoms with van der Waals surface area (Å²) in [6.45, 7) is 3.73. The van der Waals surface area contributed by atoms with E-state index in [0.717, 1.165) is 25.0 Å². The van der Waals surface area contributed by atoms with Crippen molar-refractivity contribution in [2.75, 3.05) is 19.8 Å². The van der Waals surface area contributed by atoms with Crippen molar-refractivity contribution >= 4 is 15.9 Å². The third-order valence-corrected chi connectivity index (χ3v) is 2.91. The normalized spacial score (nSPS) is 10.5. The van der Waals surface area contributed by atoms with Gasteiger partial charge in [-0.15, -0.1) is 0 Å². The van der Waals surface area contributed by atoms with E-state index in [4.69, 9.17) is 9.47 Å². The van der Waals surface area contributed by atoms with Crippen molar-refractivity contribution in [2.45, 2.75) is 25.1 Å². The van der Waals surface area contributed by atoms with Gasteiger partial charge in [0.1, 0.15) is 6.61 Å². The number of hydrogen-bond donors (Lipinski definition) is 0. The molecule has 0 aliphatic heterocycles. The van der Waals surface area contributed by atoms with Crippen LogP contribution in [0.5, 0.6) is 5.75 Å². The minimum Gasteiger partial charge on any atom is -0.488 e. The molecule has 4 heteroatoms. The van der Waals surface area contributed by atoms with E-state index in [9.17, 15) is 4.39 Å². The van der Waals surface area contributed by atoms with E-state index in [1.54, 1.807) is 6.07 Å². The van der Waals surface area contributed by atoms with Crippen molar-refractivity contribution in [3.63, 3.8) is 0 Å². The van der Waals surface area contributed by atoms with E-state index in [2.05, 4.69) is 22.9 Å². The van der Waals surface area contributed by atoms with Crippen molar-refractivity contribution in [1.82, 2.24) is 0 Å². The first kappa shape index (κ1) is 14.5. The Hall–Kier alpha value is -0.610. The van der Waals surface area contributed by atoms with Gasteiger partial charge in [0.2, 0.25) is 0 Å². The third-order valence-electron chi connectivity index (χ3n) is 2.31. The number of ether oxygens (including phenoxy) is 2. The molecule has 96 valence electrons. The zero-order valence-electron chi connectivity index (χ0n) is 10.0. The van der Waals surface area contributed by atoms with Crippen LogP contribution in [0.4, 0.5) is 4.39 Å². The minimum absolute atomic E-state index is 0.323. The van der Waals surface area contributed by atoms with Gasteiger partial charge in [0.25, 0.3) is 0 Å². The molecular weight excluding hydrogens is 287 g/mol. The highest BCUT2D eigenvalue weighted by atomic mass is 79.9. The Morgan fingerprint density at radius 3 is 2.76 bits per heavy atom. The van der Waals surface area contributed by atoms with Crippen molar-refractivity contribution in [3.05, 3.63) is 29.6 Å². The van der Waals surface area contributed by atoms with Gasteiger partial charge in [-0.3, -0.25) is 0 Å². The first-order valence-corrected chi connectivity index (χ1v) is 6.95. The number of hydrogen-bond acceptors (Lipinski definition) is 2. The SMILES string of the molecule is CCCCOCCOc1c(F)cccc1CBr. The molecule has 0 unspecified atom stereocenters. The molecule has 0 spiro atoms. The fourth-order valence-corrected chi connectivity index (χ4v) is 1.81. The van der Waals surface area contributed by atoms with E-state index < -0.39 is 0 Å². The van der Waals surface area contributed by atoms with E-state index in [-0.39, 0.29) is 5.82 Å². The summed E-state index contributed by atoms with van der Waals surface area (Å²) in [6, 6.07) is 4.92. The molecule has 0 N–H and O–H groups in total. The summed E-state index contributed by atoms with van der Waals surface area (Å²) in [7, 11) is 0. The smallest absolute Gasteiger partial charge is 0.165 e. The maximum Gasteiger partial charge on any atom is 0.165 e. The number of unbranched alkanes of at least 4 members (excludes halogenated alkanes) is 1. The molecule has 0 amide bonds. The highest BCUT2D eigenvalue weighted by Gasteiger charge is 2.08. The van der Waals surface area contributed by atoms with Crippen LogP contribution in [-0.4, -0.2) is 19.8 Å². The molecule has 0 bridgehead atoms. The summed E-state index contributed by atoms with van der Waals surface area (Å²) in [5.41, 5.74) is 0.818. The van der Waals surface area contributed by atoms with E-state index >= 15 is 0 Å². The Morgan fingerprint density at radius 1 is 1.24 bits per heavy atom. The number of rotatable bonds is 8. The molecular formula is C13H18BrFO2. The van der Waals surface area contributed by atoms with Gasteiger partial charge in [0.05, 0.1) is 6.61 Å². The van der Waals surface area contributed by atoms with E-state index in [1.165, 1.54) is 6.07 Å². The Labute approximate surface area is 110 Å². The standard InChI is InChI=1S/C13H18BrFO2/c1-2-3-7-16-8-9-17-13-11(10-14)5-4-6-12(13)15/h4-6H,2-3,7-10H2,1H3. The van der Waals surface area contributed by atoms with E-state index in [1.807, 2.05) is 6.07 Å². The fourth-order valence-electron chi connectivity index (χ4n) is 1.37. The molecule has 0 saturated heterocycles. The zero-order chi connectivity index (χ0) is 12.5. The van der Waals surface area contributed by atoms with Crippen molar-refractivity contribution in [1.29, 1.82) is 0 Å². The molecule has 2 nitrogen and oxygen atoms in total. The maximum atomic E-state index is 13.5. The number of benzene rings is 1. The second kappa shape index (κ2) is 8.48. The van der Waals surface area contributed by atoms with Gasteiger partial charge in [-0.1, -0.05) is 41.4 Å². The maximum absolute atomic E-state index is 13.5. The molecule has 0 fully saturated rings. The van der Waals surface area contributed by atoms with Crippen LogP contribution in [0, 0.1) is 5.82 Å². The molecule has 0 saturated carbocycles. The fraction of sp³-hybridized carbons (Fsp3) is 0.538. The second-order valence-electron chi connectivity index (χ2n) is 3.68. The van der Waals surface area contributed by atoms with Crippen molar-refractivity contribution < 1.29 is 13.9 Å². The van der Waals surface area contributed by atoms with Gasteiger partial charge in [-0.05, 0) is 12.5 Å². The Morgan fingerprint density at radius 2 is 2.06 bits per heavy atom. The molecule has 0 heterocycles. The summed E-state index contributed by atoms with van der Waals surface area (Å²) in [5.74, 6) is -0.000949. The summed E-state index contributed by atoms with van der Waals surface area (Å²) < 4.78 is 24.2. The topological polar surface area (TPSA) is 18.5 Å². The lowest BCUT2D eigenvalue weighted by Gasteiger charge is -2.11. The van der Waals surface area contributed by atoms with Gasteiger partial charge < -0.3 is 9.47 Å². The Bertz CT molecular complexity index is 331. The number of alkyl halides is 1. The largest absolute Gasteiger partial charge is 0.488 e. The van der Waals surface area contributed by atoms with Crippen LogP contribution in [0.1, 0.15) is 25.3 Å². The van der Waals surface area contributed by atoms with Gasteiger partial charge >= 0.3 is 0 Å². The third kappa shape index (κ3) is 5.04. The van der Waals surface area contributed by atoms with Crippen molar-refractivity contribution in [3.8, 4) is 5.75 Å². The minimum atomic E-state index is -0.324. The molecule has 0 radical (unpaired) electrons. The zero-order valence-corrected chi connectivity index (χ0v) is 11.6. The van der Waals surface area contributed by atoms with Crippen LogP contribution in [0.2, 0.25) is 0 Å². The average Bonchev–Trinajstić information content (AvgIpc) is 2.35. The molecule has 1 aromatic rings. The van der Waals surface area contributed by atoms with Crippen LogP contribution in [-0.2, 0) is 10.1 Å². The quantitative estimate of drug-likeness (QED) is 0.535. The molecule has 1 aromatic carbocycles. The first-order valence-electron chi connectivity index (χ1n) is 5.83. The highest BCUT2D eigenvalue weighted by molar-refractivity contribution is 9.08. The predicted octanol–water partition coefficient (Wildman–Crippen LogP) is 3.92. The van der Waals surface area contributed by atoms with E-state index in [0.29, 0.717) is 24.3 Å². The summed E-state index contributed by atoms with van der Waals surface area (Å²) in [6.07, 6.45) is 2.16. The monoisotopic (exact) mass is 304 g/mol. The van der Waals surface area contributed by atoms with Crippen LogP contribution in [0.3, 0.4) is 0 Å². The molecule has 0 aromatic heterocycles.